The predicted octanol–water partition coefficient (Wildman–Crippen LogP) is 4.32. The molecule has 0 fully saturated rings. The van der Waals surface area contributed by atoms with Crippen molar-refractivity contribution in [1.82, 2.24) is 4.98 Å². The normalized spacial score (nSPS) is 19.7. The lowest BCUT2D eigenvalue weighted by molar-refractivity contribution is 0.509. The average Bonchev–Trinajstić information content (AvgIpc) is 2.54. The third-order valence-corrected chi connectivity index (χ3v) is 7.04. The number of allylic oxidation sites excluding steroid dienone is 2. The van der Waals surface area contributed by atoms with Crippen molar-refractivity contribution in [2.75, 3.05) is 0 Å². The number of benzene rings is 1. The Bertz CT molecular complexity index is 480. The quantitative estimate of drug-likeness (QED) is 0.780. The van der Waals surface area contributed by atoms with Crippen molar-refractivity contribution in [2.24, 2.45) is 0 Å². The smallest absolute Gasteiger partial charge is 0.131 e. The van der Waals surface area contributed by atoms with Gasteiger partial charge in [0, 0.05) is 11.1 Å². The number of hydrogen-bond donors (Lipinski definition) is 1. The molecule has 0 saturated heterocycles. The first-order chi connectivity index (χ1) is 8.21. The third kappa shape index (κ3) is 2.60. The van der Waals surface area contributed by atoms with Crippen LogP contribution in [0.5, 0.6) is 0 Å². The maximum absolute atomic E-state index is 3.89. The fourth-order valence-electron chi connectivity index (χ4n) is 3.20. The molecule has 2 heteroatoms. The van der Waals surface area contributed by atoms with Crippen LogP contribution in [0.4, 0.5) is 0 Å². The van der Waals surface area contributed by atoms with Crippen LogP contribution < -0.4 is 4.98 Å². The second-order valence-corrected chi connectivity index (χ2v) is 11.3. The zero-order valence-electron chi connectivity index (χ0n) is 12.5. The molecule has 98 valence electrons. The van der Waals surface area contributed by atoms with E-state index < -0.39 is 8.24 Å². The summed E-state index contributed by atoms with van der Waals surface area (Å²) in [5, 5.41) is 0. The van der Waals surface area contributed by atoms with Crippen molar-refractivity contribution in [1.29, 1.82) is 0 Å². The molecule has 0 bridgehead atoms. The first-order valence-electron chi connectivity index (χ1n) is 6.78. The molecule has 18 heavy (non-hydrogen) atoms. The second-order valence-electron chi connectivity index (χ2n) is 7.01. The van der Waals surface area contributed by atoms with Crippen molar-refractivity contribution in [3.63, 3.8) is 0 Å². The zero-order valence-corrected chi connectivity index (χ0v) is 13.5. The van der Waals surface area contributed by atoms with Crippen LogP contribution in [0.25, 0.3) is 5.57 Å². The Morgan fingerprint density at radius 3 is 2.33 bits per heavy atom. The van der Waals surface area contributed by atoms with E-state index in [-0.39, 0.29) is 5.54 Å². The Labute approximate surface area is 112 Å². The number of nitrogens with one attached hydrogen (secondary N) is 1. The van der Waals surface area contributed by atoms with Gasteiger partial charge in [0.2, 0.25) is 0 Å². The summed E-state index contributed by atoms with van der Waals surface area (Å²) >= 11 is 0. The van der Waals surface area contributed by atoms with Crippen molar-refractivity contribution >= 4 is 13.8 Å². The fourth-order valence-corrected chi connectivity index (χ4v) is 6.98. The highest BCUT2D eigenvalue weighted by atomic mass is 28.3. The summed E-state index contributed by atoms with van der Waals surface area (Å²) in [7, 11) is -1.53. The van der Waals surface area contributed by atoms with Gasteiger partial charge in [-0.15, -0.1) is 0 Å². The van der Waals surface area contributed by atoms with Crippen molar-refractivity contribution < 1.29 is 0 Å². The molecule has 0 aliphatic heterocycles. The van der Waals surface area contributed by atoms with Gasteiger partial charge >= 0.3 is 0 Å². The van der Waals surface area contributed by atoms with Crippen LogP contribution in [0.1, 0.15) is 44.4 Å². The topological polar surface area (TPSA) is 12.0 Å². The molecule has 1 nitrogen and oxygen atoms in total. The summed E-state index contributed by atoms with van der Waals surface area (Å²) in [6, 6.07) is 8.86. The van der Waals surface area contributed by atoms with Crippen LogP contribution >= 0.6 is 0 Å². The van der Waals surface area contributed by atoms with Gasteiger partial charge in [-0.05, 0) is 44.4 Å². The van der Waals surface area contributed by atoms with Gasteiger partial charge in [-0.25, -0.2) is 0 Å². The molecule has 1 aromatic rings. The van der Waals surface area contributed by atoms with Crippen molar-refractivity contribution in [3.05, 3.63) is 41.5 Å². The van der Waals surface area contributed by atoms with E-state index >= 15 is 0 Å². The Balaban J connectivity index is 2.36. The number of fused-ring (bicyclic) bond motifs is 1. The molecule has 2 rings (SSSR count). The lowest BCUT2D eigenvalue weighted by Gasteiger charge is -2.37. The highest BCUT2D eigenvalue weighted by Crippen LogP contribution is 2.40. The summed E-state index contributed by atoms with van der Waals surface area (Å²) in [4.78, 5) is 3.89. The molecule has 1 N–H and O–H groups in total. The lowest BCUT2D eigenvalue weighted by Crippen LogP contribution is -2.57. The minimum Gasteiger partial charge on any atom is -0.332 e. The first-order valence-corrected chi connectivity index (χ1v) is 9.85. The van der Waals surface area contributed by atoms with Crippen LogP contribution in [-0.2, 0) is 0 Å². The highest BCUT2D eigenvalue weighted by molar-refractivity contribution is 6.77. The van der Waals surface area contributed by atoms with E-state index in [4.69, 9.17) is 0 Å². The van der Waals surface area contributed by atoms with E-state index in [0.29, 0.717) is 5.54 Å². The summed E-state index contributed by atoms with van der Waals surface area (Å²) < 4.78 is 0. The van der Waals surface area contributed by atoms with E-state index in [0.717, 1.165) is 0 Å². The summed E-state index contributed by atoms with van der Waals surface area (Å²) in [5.41, 5.74) is 5.18. The molecule has 1 aliphatic carbocycles. The first kappa shape index (κ1) is 13.6. The van der Waals surface area contributed by atoms with Crippen LogP contribution in [-0.4, -0.2) is 13.8 Å². The fraction of sp³-hybridized carbons (Fsp3) is 0.500. The third-order valence-electron chi connectivity index (χ3n) is 3.61. The lowest BCUT2D eigenvalue weighted by atomic mass is 10.1. The van der Waals surface area contributed by atoms with Crippen LogP contribution in [0.3, 0.4) is 0 Å². The monoisotopic (exact) mass is 259 g/mol. The van der Waals surface area contributed by atoms with Gasteiger partial charge in [-0.3, -0.25) is 0 Å². The molecule has 0 aromatic heterocycles. The van der Waals surface area contributed by atoms with E-state index in [1.54, 1.807) is 0 Å². The standard InChI is InChI=1S/C16H25NSi/c1-12-11-15(14-10-8-7-9-13(12)14)18(5,6)17-16(2,3)4/h7-11,15,17H,1-6H3. The Kier molecular flexibility index (Phi) is 3.28. The van der Waals surface area contributed by atoms with E-state index in [2.05, 4.69) is 76.1 Å². The Morgan fingerprint density at radius 2 is 1.72 bits per heavy atom. The molecule has 1 unspecified atom stereocenters. The van der Waals surface area contributed by atoms with E-state index in [1.807, 2.05) is 0 Å². The van der Waals surface area contributed by atoms with E-state index in [9.17, 15) is 0 Å². The highest BCUT2D eigenvalue weighted by Gasteiger charge is 2.38. The summed E-state index contributed by atoms with van der Waals surface area (Å²) in [5.74, 6) is 0. The largest absolute Gasteiger partial charge is 0.332 e. The number of hydrogen-bond acceptors (Lipinski definition) is 1. The van der Waals surface area contributed by atoms with Crippen LogP contribution in [0.2, 0.25) is 13.1 Å². The van der Waals surface area contributed by atoms with Gasteiger partial charge in [-0.1, -0.05) is 43.4 Å². The minimum absolute atomic E-state index is 0.189. The van der Waals surface area contributed by atoms with Gasteiger partial charge in [0.1, 0.15) is 8.24 Å². The molecule has 0 amide bonds. The molecular formula is C16H25NSi. The van der Waals surface area contributed by atoms with Crippen LogP contribution in [0.15, 0.2) is 30.3 Å². The Morgan fingerprint density at radius 1 is 1.11 bits per heavy atom. The molecule has 0 saturated carbocycles. The molecule has 0 spiro atoms. The zero-order chi connectivity index (χ0) is 13.6. The molecular weight excluding hydrogens is 234 g/mol. The summed E-state index contributed by atoms with van der Waals surface area (Å²) in [6.07, 6.45) is 2.47. The molecule has 1 aromatic carbocycles. The minimum atomic E-state index is -1.53. The number of rotatable bonds is 2. The SMILES string of the molecule is CC1=CC([Si](C)(C)NC(C)(C)C)c2ccccc21. The molecule has 1 atom stereocenters. The van der Waals surface area contributed by atoms with Gasteiger partial charge in [0.15, 0.2) is 0 Å². The molecule has 0 radical (unpaired) electrons. The second kappa shape index (κ2) is 4.36. The maximum atomic E-state index is 3.89. The van der Waals surface area contributed by atoms with E-state index in [1.165, 1.54) is 16.7 Å². The molecule has 1 aliphatic rings. The van der Waals surface area contributed by atoms with Crippen molar-refractivity contribution in [3.8, 4) is 0 Å². The van der Waals surface area contributed by atoms with Gasteiger partial charge in [0.25, 0.3) is 0 Å². The van der Waals surface area contributed by atoms with Gasteiger partial charge < -0.3 is 4.98 Å². The average molecular weight is 259 g/mol. The Hall–Kier alpha value is -0.863. The maximum Gasteiger partial charge on any atom is 0.131 e. The summed E-state index contributed by atoms with van der Waals surface area (Å²) in [6.45, 7) is 13.9. The predicted molar refractivity (Wildman–Crippen MR) is 83.2 cm³/mol. The van der Waals surface area contributed by atoms with Gasteiger partial charge in [0.05, 0.1) is 0 Å². The van der Waals surface area contributed by atoms with Crippen molar-refractivity contribution in [2.45, 2.75) is 51.9 Å². The van der Waals surface area contributed by atoms with Crippen LogP contribution in [0, 0.1) is 0 Å². The molecule has 0 heterocycles. The van der Waals surface area contributed by atoms with Gasteiger partial charge in [-0.2, -0.15) is 0 Å².